The van der Waals surface area contributed by atoms with Crippen molar-refractivity contribution in [3.8, 4) is 40.1 Å². The van der Waals surface area contributed by atoms with E-state index in [2.05, 4.69) is 10.1 Å². The van der Waals surface area contributed by atoms with Gasteiger partial charge >= 0.3 is 11.8 Å². The Morgan fingerprint density at radius 2 is 1.53 bits per heavy atom. The quantitative estimate of drug-likeness (QED) is 0.278. The fourth-order valence-electron chi connectivity index (χ4n) is 3.41. The molecule has 0 atom stereocenters. The van der Waals surface area contributed by atoms with Crippen molar-refractivity contribution < 1.29 is 34.2 Å². The predicted molar refractivity (Wildman–Crippen MR) is 137 cm³/mol. The van der Waals surface area contributed by atoms with Crippen LogP contribution in [-0.4, -0.2) is 48.6 Å². The van der Waals surface area contributed by atoms with Gasteiger partial charge in [0.15, 0.2) is 23.0 Å². The third kappa shape index (κ3) is 6.09. The van der Waals surface area contributed by atoms with E-state index in [4.69, 9.17) is 9.26 Å². The largest absolute Gasteiger partial charge is 0.504 e. The summed E-state index contributed by atoms with van der Waals surface area (Å²) in [5.41, 5.74) is 0.174. The lowest BCUT2D eigenvalue weighted by atomic mass is 9.90. The number of aromatic hydroxyl groups is 3. The van der Waals surface area contributed by atoms with Crippen LogP contribution >= 0.6 is 0 Å². The van der Waals surface area contributed by atoms with Crippen molar-refractivity contribution in [1.29, 1.82) is 0 Å². The van der Waals surface area contributed by atoms with E-state index in [0.29, 0.717) is 11.5 Å². The van der Waals surface area contributed by atoms with Crippen LogP contribution in [-0.2, 0) is 11.3 Å². The summed E-state index contributed by atoms with van der Waals surface area (Å²) in [5.74, 6) is -1.87. The van der Waals surface area contributed by atoms with Crippen LogP contribution in [0.2, 0.25) is 0 Å². The van der Waals surface area contributed by atoms with Gasteiger partial charge in [0, 0.05) is 17.5 Å². The number of benzene rings is 3. The molecule has 0 aliphatic heterocycles. The zero-order chi connectivity index (χ0) is 27.4. The third-order valence-corrected chi connectivity index (χ3v) is 5.67. The normalized spacial score (nSPS) is 11.2. The molecule has 0 fully saturated rings. The highest BCUT2D eigenvalue weighted by Gasteiger charge is 2.29. The topological polar surface area (TPSA) is 146 Å². The predicted octanol–water partition coefficient (Wildman–Crippen LogP) is 4.90. The molecule has 1 amide bonds. The molecule has 0 saturated heterocycles. The minimum Gasteiger partial charge on any atom is -0.504 e. The van der Waals surface area contributed by atoms with Crippen LogP contribution in [0.25, 0.3) is 11.4 Å². The summed E-state index contributed by atoms with van der Waals surface area (Å²) in [5, 5.41) is 32.8. The van der Waals surface area contributed by atoms with Gasteiger partial charge in [0.05, 0.1) is 6.54 Å². The molecule has 196 valence electrons. The third-order valence-electron chi connectivity index (χ3n) is 5.67. The Hall–Kier alpha value is -4.86. The molecule has 0 spiro atoms. The number of phenolic OH excluding ortho intramolecular Hbond substituents is 3. The van der Waals surface area contributed by atoms with E-state index in [1.165, 1.54) is 4.90 Å². The number of aromatic nitrogens is 2. The van der Waals surface area contributed by atoms with E-state index < -0.39 is 28.6 Å². The summed E-state index contributed by atoms with van der Waals surface area (Å²) in [6.45, 7) is 5.20. The van der Waals surface area contributed by atoms with Crippen LogP contribution in [0.1, 0.15) is 37.0 Å². The molecule has 1 heterocycles. The Morgan fingerprint density at radius 3 is 2.13 bits per heavy atom. The Bertz CT molecular complexity index is 1420. The highest BCUT2D eigenvalue weighted by molar-refractivity contribution is 5.94. The molecule has 0 bridgehead atoms. The Labute approximate surface area is 218 Å². The van der Waals surface area contributed by atoms with Gasteiger partial charge in [-0.2, -0.15) is 4.98 Å². The fraction of sp³-hybridized carbons (Fsp3) is 0.214. The van der Waals surface area contributed by atoms with Crippen molar-refractivity contribution >= 4 is 11.7 Å². The van der Waals surface area contributed by atoms with Crippen molar-refractivity contribution in [2.24, 2.45) is 5.41 Å². The zero-order valence-corrected chi connectivity index (χ0v) is 21.1. The number of phenols is 3. The van der Waals surface area contributed by atoms with Crippen molar-refractivity contribution in [1.82, 2.24) is 15.0 Å². The first-order chi connectivity index (χ1) is 18.0. The number of nitrogens with zero attached hydrogens (tertiary/aromatic N) is 3. The van der Waals surface area contributed by atoms with Crippen LogP contribution in [0.15, 0.2) is 71.3 Å². The number of hydrogen-bond donors (Lipinski definition) is 3. The zero-order valence-electron chi connectivity index (χ0n) is 21.1. The maximum Gasteiger partial charge on any atom is 0.316 e. The van der Waals surface area contributed by atoms with Crippen LogP contribution in [0.4, 0.5) is 0 Å². The summed E-state index contributed by atoms with van der Waals surface area (Å²) in [7, 11) is 0. The van der Waals surface area contributed by atoms with Crippen LogP contribution < -0.4 is 4.74 Å². The van der Waals surface area contributed by atoms with Gasteiger partial charge in [0.1, 0.15) is 11.5 Å². The fourth-order valence-corrected chi connectivity index (χ4v) is 3.41. The van der Waals surface area contributed by atoms with E-state index in [1.54, 1.807) is 45.0 Å². The molecule has 0 aliphatic carbocycles. The molecule has 4 aromatic rings. The number of carbonyl (C=O) groups is 2. The summed E-state index contributed by atoms with van der Waals surface area (Å²) in [4.78, 5) is 31.6. The number of ketones is 1. The number of hydrogen-bond acceptors (Lipinski definition) is 9. The van der Waals surface area contributed by atoms with Crippen molar-refractivity contribution in [3.05, 3.63) is 78.2 Å². The minimum absolute atomic E-state index is 0.0881. The average molecular weight is 518 g/mol. The molecule has 0 unspecified atom stereocenters. The number of ether oxygens (including phenoxy) is 1. The summed E-state index contributed by atoms with van der Waals surface area (Å²) in [6.07, 6.45) is 0. The molecular formula is C28H27N3O7. The minimum atomic E-state index is -0.694. The SMILES string of the molecule is CC(C)(C)C(=O)CN(Cc1ccc(Oc2ccccc2)cc1)C(=O)c1nc(-c2cc(O)c(O)c(O)c2)no1. The lowest BCUT2D eigenvalue weighted by Gasteiger charge is -2.25. The van der Waals surface area contributed by atoms with Crippen molar-refractivity contribution in [2.45, 2.75) is 27.3 Å². The van der Waals surface area contributed by atoms with Crippen LogP contribution in [0.3, 0.4) is 0 Å². The first-order valence-electron chi connectivity index (χ1n) is 11.7. The second kappa shape index (κ2) is 10.6. The molecule has 3 aromatic carbocycles. The van der Waals surface area contributed by atoms with Gasteiger partial charge in [-0.25, -0.2) is 0 Å². The number of para-hydroxylation sites is 1. The number of Topliss-reactive ketones (excluding diaryl/α,β-unsaturated/α-hetero) is 1. The van der Waals surface area contributed by atoms with E-state index >= 15 is 0 Å². The van der Waals surface area contributed by atoms with E-state index in [-0.39, 0.29) is 36.2 Å². The lowest BCUT2D eigenvalue weighted by Crippen LogP contribution is -2.39. The first kappa shape index (κ1) is 26.2. The molecule has 0 radical (unpaired) electrons. The van der Waals surface area contributed by atoms with E-state index in [9.17, 15) is 24.9 Å². The molecule has 0 aliphatic rings. The monoisotopic (exact) mass is 517 g/mol. The highest BCUT2D eigenvalue weighted by Crippen LogP contribution is 2.38. The smallest absolute Gasteiger partial charge is 0.316 e. The molecule has 10 nitrogen and oxygen atoms in total. The highest BCUT2D eigenvalue weighted by atomic mass is 16.5. The standard InChI is InChI=1S/C28H27N3O7/c1-28(2,3)23(34)16-31(15-17-9-11-20(12-10-17)37-19-7-5-4-6-8-19)27(36)26-29-25(30-38-26)18-13-21(32)24(35)22(33)14-18/h4-14,32-33,35H,15-16H2,1-3H3. The molecule has 1 aromatic heterocycles. The Kier molecular flexibility index (Phi) is 7.33. The van der Waals surface area contributed by atoms with Gasteiger partial charge in [-0.15, -0.1) is 0 Å². The van der Waals surface area contributed by atoms with Gasteiger partial charge < -0.3 is 29.5 Å². The summed E-state index contributed by atoms with van der Waals surface area (Å²) >= 11 is 0. The maximum absolute atomic E-state index is 13.4. The Morgan fingerprint density at radius 1 is 0.921 bits per heavy atom. The number of amides is 1. The molecule has 0 saturated carbocycles. The summed E-state index contributed by atoms with van der Waals surface area (Å²) in [6, 6.07) is 18.7. The molecular weight excluding hydrogens is 490 g/mol. The Balaban J connectivity index is 1.56. The average Bonchev–Trinajstić information content (AvgIpc) is 3.38. The van der Waals surface area contributed by atoms with Crippen molar-refractivity contribution in [2.75, 3.05) is 6.54 Å². The molecule has 38 heavy (non-hydrogen) atoms. The van der Waals surface area contributed by atoms with Gasteiger partial charge in [0.25, 0.3) is 0 Å². The van der Waals surface area contributed by atoms with Gasteiger partial charge in [-0.05, 0) is 42.0 Å². The lowest BCUT2D eigenvalue weighted by molar-refractivity contribution is -0.127. The summed E-state index contributed by atoms with van der Waals surface area (Å²) < 4.78 is 11.0. The second-order valence-electron chi connectivity index (χ2n) is 9.68. The number of carbonyl (C=O) groups excluding carboxylic acids is 2. The van der Waals surface area contributed by atoms with Crippen LogP contribution in [0.5, 0.6) is 28.7 Å². The van der Waals surface area contributed by atoms with E-state index in [1.807, 2.05) is 30.3 Å². The maximum atomic E-state index is 13.4. The van der Waals surface area contributed by atoms with Crippen molar-refractivity contribution in [3.63, 3.8) is 0 Å². The second-order valence-corrected chi connectivity index (χ2v) is 9.68. The first-order valence-corrected chi connectivity index (χ1v) is 11.7. The van der Waals surface area contributed by atoms with E-state index in [0.717, 1.165) is 17.7 Å². The molecule has 3 N–H and O–H groups in total. The molecule has 4 rings (SSSR count). The molecule has 10 heteroatoms. The van der Waals surface area contributed by atoms with Gasteiger partial charge in [0.2, 0.25) is 5.82 Å². The van der Waals surface area contributed by atoms with Gasteiger partial charge in [-0.1, -0.05) is 56.3 Å². The van der Waals surface area contributed by atoms with Crippen LogP contribution in [0, 0.1) is 5.41 Å². The number of rotatable bonds is 8. The van der Waals surface area contributed by atoms with Gasteiger partial charge in [-0.3, -0.25) is 9.59 Å².